The molecule has 0 aliphatic carbocycles. The molecule has 6 nitrogen and oxygen atoms in total. The molecule has 0 bridgehead atoms. The van der Waals surface area contributed by atoms with Crippen molar-refractivity contribution in [2.45, 2.75) is 20.0 Å². The predicted octanol–water partition coefficient (Wildman–Crippen LogP) is 1.92. The van der Waals surface area contributed by atoms with Gasteiger partial charge in [-0.05, 0) is 26.0 Å². The summed E-state index contributed by atoms with van der Waals surface area (Å²) in [6, 6.07) is 8.09. The van der Waals surface area contributed by atoms with Gasteiger partial charge < -0.3 is 10.4 Å². The zero-order chi connectivity index (χ0) is 14.8. The molecule has 0 spiro atoms. The Morgan fingerprint density at radius 2 is 2.00 bits per heavy atom. The van der Waals surface area contributed by atoms with Crippen LogP contribution in [0, 0.1) is 6.92 Å². The van der Waals surface area contributed by atoms with E-state index in [0.717, 1.165) is 16.7 Å². The number of nitrogens with one attached hydrogen (secondary N) is 1. The van der Waals surface area contributed by atoms with Gasteiger partial charge in [0.15, 0.2) is 5.65 Å². The maximum absolute atomic E-state index is 9.37. The van der Waals surface area contributed by atoms with Crippen LogP contribution >= 0.6 is 0 Å². The second-order valence-electron chi connectivity index (χ2n) is 5.08. The highest BCUT2D eigenvalue weighted by atomic mass is 16.3. The summed E-state index contributed by atoms with van der Waals surface area (Å²) >= 11 is 0. The standard InChI is InChI=1S/C15H17N5O/c1-10-3-5-12(6-4-10)20-15-13(8-19-20)14(17-9-18-15)16-7-11(2)21/h3-6,8-9,11,21H,7H2,1-2H3,(H,16,17,18)/t11-/m1/s1. The van der Waals surface area contributed by atoms with E-state index in [1.165, 1.54) is 11.9 Å². The molecule has 3 rings (SSSR count). The molecule has 1 atom stereocenters. The first-order valence-electron chi connectivity index (χ1n) is 6.83. The van der Waals surface area contributed by atoms with Gasteiger partial charge in [-0.2, -0.15) is 5.10 Å². The van der Waals surface area contributed by atoms with Crippen molar-refractivity contribution in [2.24, 2.45) is 0 Å². The summed E-state index contributed by atoms with van der Waals surface area (Å²) in [7, 11) is 0. The van der Waals surface area contributed by atoms with E-state index in [1.54, 1.807) is 17.8 Å². The van der Waals surface area contributed by atoms with E-state index in [0.29, 0.717) is 12.4 Å². The number of hydrogen-bond acceptors (Lipinski definition) is 5. The Balaban J connectivity index is 2.02. The Labute approximate surface area is 122 Å². The lowest BCUT2D eigenvalue weighted by Crippen LogP contribution is -2.16. The first-order chi connectivity index (χ1) is 10.1. The van der Waals surface area contributed by atoms with Crippen LogP contribution in [-0.2, 0) is 0 Å². The smallest absolute Gasteiger partial charge is 0.168 e. The zero-order valence-corrected chi connectivity index (χ0v) is 12.0. The Bertz CT molecular complexity index is 748. The zero-order valence-electron chi connectivity index (χ0n) is 12.0. The molecular formula is C15H17N5O. The number of rotatable bonds is 4. The molecule has 0 aliphatic heterocycles. The lowest BCUT2D eigenvalue weighted by atomic mass is 10.2. The SMILES string of the molecule is Cc1ccc(-n2ncc3c(NC[C@@H](C)O)ncnc32)cc1. The van der Waals surface area contributed by atoms with Gasteiger partial charge in [-0.3, -0.25) is 0 Å². The summed E-state index contributed by atoms with van der Waals surface area (Å²) in [5.74, 6) is 0.680. The minimum Gasteiger partial charge on any atom is -0.392 e. The quantitative estimate of drug-likeness (QED) is 0.765. The van der Waals surface area contributed by atoms with Gasteiger partial charge in [0.25, 0.3) is 0 Å². The molecule has 0 unspecified atom stereocenters. The van der Waals surface area contributed by atoms with Gasteiger partial charge in [0.1, 0.15) is 12.1 Å². The van der Waals surface area contributed by atoms with Crippen LogP contribution < -0.4 is 5.32 Å². The van der Waals surface area contributed by atoms with Crippen LogP contribution in [0.4, 0.5) is 5.82 Å². The third-order valence-electron chi connectivity index (χ3n) is 3.21. The molecule has 0 fully saturated rings. The van der Waals surface area contributed by atoms with Crippen LogP contribution in [0.25, 0.3) is 16.7 Å². The van der Waals surface area contributed by atoms with Crippen LogP contribution in [0.5, 0.6) is 0 Å². The normalized spacial score (nSPS) is 12.5. The molecule has 0 radical (unpaired) electrons. The molecule has 0 aliphatic rings. The third-order valence-corrected chi connectivity index (χ3v) is 3.21. The van der Waals surface area contributed by atoms with Gasteiger partial charge in [-0.1, -0.05) is 17.7 Å². The van der Waals surface area contributed by atoms with Crippen molar-refractivity contribution in [1.82, 2.24) is 19.7 Å². The molecule has 3 aromatic rings. The molecule has 0 saturated carbocycles. The van der Waals surface area contributed by atoms with Gasteiger partial charge in [-0.15, -0.1) is 0 Å². The number of fused-ring (bicyclic) bond motifs is 1. The Morgan fingerprint density at radius 1 is 1.24 bits per heavy atom. The van der Waals surface area contributed by atoms with Gasteiger partial charge in [-0.25, -0.2) is 14.6 Å². The Morgan fingerprint density at radius 3 is 2.71 bits per heavy atom. The molecule has 1 aromatic carbocycles. The summed E-state index contributed by atoms with van der Waals surface area (Å²) < 4.78 is 1.78. The van der Waals surface area contributed by atoms with Crippen LogP contribution in [-0.4, -0.2) is 37.5 Å². The molecule has 2 N–H and O–H groups in total. The number of aliphatic hydroxyl groups is 1. The summed E-state index contributed by atoms with van der Waals surface area (Å²) in [4.78, 5) is 8.53. The summed E-state index contributed by atoms with van der Waals surface area (Å²) in [5.41, 5.74) is 2.89. The number of benzene rings is 1. The van der Waals surface area contributed by atoms with E-state index in [-0.39, 0.29) is 0 Å². The van der Waals surface area contributed by atoms with E-state index in [4.69, 9.17) is 0 Å². The second kappa shape index (κ2) is 5.49. The van der Waals surface area contributed by atoms with Gasteiger partial charge in [0.05, 0.1) is 23.4 Å². The lowest BCUT2D eigenvalue weighted by Gasteiger charge is -2.08. The van der Waals surface area contributed by atoms with Crippen molar-refractivity contribution in [1.29, 1.82) is 0 Å². The van der Waals surface area contributed by atoms with E-state index in [1.807, 2.05) is 31.2 Å². The first-order valence-corrected chi connectivity index (χ1v) is 6.83. The van der Waals surface area contributed by atoms with Crippen LogP contribution in [0.1, 0.15) is 12.5 Å². The number of aryl methyl sites for hydroxylation is 1. The van der Waals surface area contributed by atoms with Crippen molar-refractivity contribution in [3.8, 4) is 5.69 Å². The fourth-order valence-electron chi connectivity index (χ4n) is 2.10. The summed E-state index contributed by atoms with van der Waals surface area (Å²) in [5, 5.41) is 17.7. The molecule has 2 aromatic heterocycles. The Kier molecular flexibility index (Phi) is 3.53. The molecule has 2 heterocycles. The largest absolute Gasteiger partial charge is 0.392 e. The number of nitrogens with zero attached hydrogens (tertiary/aromatic N) is 4. The maximum Gasteiger partial charge on any atom is 0.168 e. The van der Waals surface area contributed by atoms with E-state index in [9.17, 15) is 5.11 Å². The van der Waals surface area contributed by atoms with Gasteiger partial charge in [0.2, 0.25) is 0 Å². The van der Waals surface area contributed by atoms with E-state index in [2.05, 4.69) is 20.4 Å². The minimum atomic E-state index is -0.442. The Hall–Kier alpha value is -2.47. The van der Waals surface area contributed by atoms with Crippen molar-refractivity contribution < 1.29 is 5.11 Å². The topological polar surface area (TPSA) is 75.9 Å². The predicted molar refractivity (Wildman–Crippen MR) is 81.6 cm³/mol. The average Bonchev–Trinajstić information content (AvgIpc) is 2.90. The van der Waals surface area contributed by atoms with E-state index < -0.39 is 6.10 Å². The van der Waals surface area contributed by atoms with Gasteiger partial charge >= 0.3 is 0 Å². The number of hydrogen-bond donors (Lipinski definition) is 2. The molecule has 0 saturated heterocycles. The molecule has 0 amide bonds. The number of aliphatic hydroxyl groups excluding tert-OH is 1. The highest BCUT2D eigenvalue weighted by Gasteiger charge is 2.11. The van der Waals surface area contributed by atoms with Crippen molar-refractivity contribution in [2.75, 3.05) is 11.9 Å². The second-order valence-corrected chi connectivity index (χ2v) is 5.08. The highest BCUT2D eigenvalue weighted by molar-refractivity contribution is 5.87. The van der Waals surface area contributed by atoms with Crippen molar-refractivity contribution in [3.63, 3.8) is 0 Å². The number of anilines is 1. The third kappa shape index (κ3) is 2.71. The van der Waals surface area contributed by atoms with Gasteiger partial charge in [0, 0.05) is 6.54 Å². The fourth-order valence-corrected chi connectivity index (χ4v) is 2.10. The van der Waals surface area contributed by atoms with E-state index >= 15 is 0 Å². The number of aromatic nitrogens is 4. The van der Waals surface area contributed by atoms with Crippen LogP contribution in [0.3, 0.4) is 0 Å². The average molecular weight is 283 g/mol. The maximum atomic E-state index is 9.37. The monoisotopic (exact) mass is 283 g/mol. The van der Waals surface area contributed by atoms with Crippen molar-refractivity contribution >= 4 is 16.9 Å². The molecule has 6 heteroatoms. The lowest BCUT2D eigenvalue weighted by molar-refractivity contribution is 0.208. The summed E-state index contributed by atoms with van der Waals surface area (Å²) in [6.45, 7) is 4.20. The van der Waals surface area contributed by atoms with Crippen molar-refractivity contribution in [3.05, 3.63) is 42.4 Å². The molecular weight excluding hydrogens is 266 g/mol. The van der Waals surface area contributed by atoms with Crippen LogP contribution in [0.15, 0.2) is 36.8 Å². The highest BCUT2D eigenvalue weighted by Crippen LogP contribution is 2.21. The minimum absolute atomic E-state index is 0.432. The molecule has 108 valence electrons. The summed E-state index contributed by atoms with van der Waals surface area (Å²) in [6.07, 6.45) is 2.79. The van der Waals surface area contributed by atoms with Crippen LogP contribution in [0.2, 0.25) is 0 Å². The molecule has 21 heavy (non-hydrogen) atoms. The first kappa shape index (κ1) is 13.5. The fraction of sp³-hybridized carbons (Fsp3) is 0.267.